The van der Waals surface area contributed by atoms with Crippen molar-refractivity contribution in [1.29, 1.82) is 0 Å². The molecule has 0 saturated carbocycles. The number of unbranched alkanes of at least 4 members (excludes halogenated alkanes) is 13. The molecule has 0 aromatic heterocycles. The summed E-state index contributed by atoms with van der Waals surface area (Å²) in [5.41, 5.74) is 0. The van der Waals surface area contributed by atoms with Crippen LogP contribution in [-0.4, -0.2) is 5.88 Å². The Morgan fingerprint density at radius 3 is 1.42 bits per heavy atom. The highest BCUT2D eigenvalue weighted by molar-refractivity contribution is 6.18. The first-order chi connectivity index (χ1) is 9.41. The molecule has 114 valence electrons. The van der Waals surface area contributed by atoms with Gasteiger partial charge in [-0.3, -0.25) is 0 Å². The zero-order valence-electron chi connectivity index (χ0n) is 13.1. The lowest BCUT2D eigenvalue weighted by Gasteiger charge is -2.02. The minimum absolute atomic E-state index is 0.665. The summed E-state index contributed by atoms with van der Waals surface area (Å²) in [5.74, 6) is 0.665. The van der Waals surface area contributed by atoms with Crippen molar-refractivity contribution < 1.29 is 0 Å². The van der Waals surface area contributed by atoms with Gasteiger partial charge in [0, 0.05) is 5.88 Å². The Balaban J connectivity index is 2.93. The smallest absolute Gasteiger partial charge is 0.0404 e. The van der Waals surface area contributed by atoms with Crippen molar-refractivity contribution in [1.82, 2.24) is 0 Å². The Labute approximate surface area is 127 Å². The third kappa shape index (κ3) is 18.0. The van der Waals surface area contributed by atoms with Gasteiger partial charge in [0.15, 0.2) is 0 Å². The van der Waals surface area contributed by atoms with Crippen molar-refractivity contribution >= 4 is 11.6 Å². The van der Waals surface area contributed by atoms with E-state index < -0.39 is 0 Å². The van der Waals surface area contributed by atoms with Gasteiger partial charge in [-0.15, -0.1) is 11.6 Å². The molecule has 0 saturated heterocycles. The Hall–Kier alpha value is 0.0300. The fourth-order valence-electron chi connectivity index (χ4n) is 2.46. The van der Waals surface area contributed by atoms with E-state index in [4.69, 9.17) is 11.6 Å². The van der Waals surface area contributed by atoms with Crippen molar-refractivity contribution in [2.24, 2.45) is 0 Å². The van der Waals surface area contributed by atoms with Gasteiger partial charge in [0.1, 0.15) is 0 Å². The van der Waals surface area contributed by atoms with E-state index in [1.54, 1.807) is 0 Å². The van der Waals surface area contributed by atoms with Gasteiger partial charge in [-0.25, -0.2) is 0 Å². The van der Waals surface area contributed by atoms with E-state index in [1.807, 2.05) is 0 Å². The van der Waals surface area contributed by atoms with Gasteiger partial charge in [-0.1, -0.05) is 96.1 Å². The third-order valence-corrected chi connectivity index (χ3v) is 3.91. The number of alkyl halides is 1. The lowest BCUT2D eigenvalue weighted by Crippen LogP contribution is -1.82. The molecule has 0 aromatic rings. The molecule has 0 spiro atoms. The van der Waals surface area contributed by atoms with Gasteiger partial charge < -0.3 is 0 Å². The van der Waals surface area contributed by atoms with Gasteiger partial charge >= 0.3 is 0 Å². The molecule has 0 aliphatic heterocycles. The van der Waals surface area contributed by atoms with Crippen LogP contribution in [0.15, 0.2) is 12.2 Å². The van der Waals surface area contributed by atoms with E-state index in [2.05, 4.69) is 19.1 Å². The number of hydrogen-bond donors (Lipinski definition) is 0. The largest absolute Gasteiger partial charge is 0.122 e. The van der Waals surface area contributed by atoms with Crippen LogP contribution in [0.2, 0.25) is 0 Å². The molecule has 0 radical (unpaired) electrons. The first-order valence-corrected chi connectivity index (χ1v) is 9.16. The van der Waals surface area contributed by atoms with E-state index >= 15 is 0 Å². The summed E-state index contributed by atoms with van der Waals surface area (Å²) in [6.07, 6.45) is 24.1. The van der Waals surface area contributed by atoms with E-state index in [1.165, 1.54) is 89.9 Å². The molecule has 0 atom stereocenters. The molecule has 0 fully saturated rings. The minimum atomic E-state index is 0.665. The molecule has 0 rings (SSSR count). The molecule has 0 unspecified atom stereocenters. The van der Waals surface area contributed by atoms with E-state index in [0.717, 1.165) is 0 Å². The number of hydrogen-bond acceptors (Lipinski definition) is 0. The number of allylic oxidation sites excluding steroid dienone is 2. The second-order valence-electron chi connectivity index (χ2n) is 5.66. The van der Waals surface area contributed by atoms with Gasteiger partial charge in [-0.05, 0) is 12.8 Å². The highest BCUT2D eigenvalue weighted by Crippen LogP contribution is 2.12. The predicted molar refractivity (Wildman–Crippen MR) is 90.2 cm³/mol. The first-order valence-electron chi connectivity index (χ1n) is 8.62. The fourth-order valence-corrected chi connectivity index (χ4v) is 2.59. The molecule has 1 heteroatoms. The Morgan fingerprint density at radius 1 is 0.579 bits per heavy atom. The van der Waals surface area contributed by atoms with Crippen molar-refractivity contribution in [3.8, 4) is 0 Å². The van der Waals surface area contributed by atoms with Crippen molar-refractivity contribution in [3.63, 3.8) is 0 Å². The zero-order valence-corrected chi connectivity index (χ0v) is 13.9. The summed E-state index contributed by atoms with van der Waals surface area (Å²) in [6.45, 7) is 2.29. The first kappa shape index (κ1) is 19.0. The molecule has 0 aliphatic rings. The number of halogens is 1. The summed E-state index contributed by atoms with van der Waals surface area (Å²) >= 11 is 5.57. The third-order valence-electron chi connectivity index (χ3n) is 3.73. The van der Waals surface area contributed by atoms with Crippen LogP contribution in [0.3, 0.4) is 0 Å². The van der Waals surface area contributed by atoms with Crippen LogP contribution >= 0.6 is 11.6 Å². The highest BCUT2D eigenvalue weighted by atomic mass is 35.5. The van der Waals surface area contributed by atoms with E-state index in [-0.39, 0.29) is 0 Å². The Bertz CT molecular complexity index is 175. The minimum Gasteiger partial charge on any atom is -0.122 e. The molecule has 19 heavy (non-hydrogen) atoms. The average molecular weight is 287 g/mol. The molecular formula is C18H35Cl. The van der Waals surface area contributed by atoms with Crippen LogP contribution in [0.5, 0.6) is 0 Å². The second kappa shape index (κ2) is 18.0. The summed E-state index contributed by atoms with van der Waals surface area (Å²) in [4.78, 5) is 0. The Kier molecular flexibility index (Phi) is 18.1. The van der Waals surface area contributed by atoms with Gasteiger partial charge in [0.2, 0.25) is 0 Å². The van der Waals surface area contributed by atoms with Crippen LogP contribution in [0, 0.1) is 0 Å². The van der Waals surface area contributed by atoms with E-state index in [9.17, 15) is 0 Å². The summed E-state index contributed by atoms with van der Waals surface area (Å²) in [7, 11) is 0. The molecular weight excluding hydrogens is 252 g/mol. The molecule has 0 heterocycles. The maximum atomic E-state index is 5.57. The molecule has 0 bridgehead atoms. The van der Waals surface area contributed by atoms with E-state index in [0.29, 0.717) is 5.88 Å². The molecule has 0 amide bonds. The van der Waals surface area contributed by atoms with Crippen molar-refractivity contribution in [3.05, 3.63) is 12.2 Å². The lowest BCUT2D eigenvalue weighted by molar-refractivity contribution is 0.540. The van der Waals surface area contributed by atoms with Crippen LogP contribution in [0.1, 0.15) is 96.8 Å². The van der Waals surface area contributed by atoms with Crippen LogP contribution in [0.25, 0.3) is 0 Å². The number of rotatable bonds is 15. The van der Waals surface area contributed by atoms with Gasteiger partial charge in [0.25, 0.3) is 0 Å². The zero-order chi connectivity index (χ0) is 14.0. The molecule has 0 aromatic carbocycles. The summed E-state index contributed by atoms with van der Waals surface area (Å²) < 4.78 is 0. The van der Waals surface area contributed by atoms with Crippen molar-refractivity contribution in [2.45, 2.75) is 96.8 Å². The SMILES string of the molecule is CCCCCCCCCCCCCCCC=CCCl. The summed E-state index contributed by atoms with van der Waals surface area (Å²) in [5, 5.41) is 0. The highest BCUT2D eigenvalue weighted by Gasteiger charge is 1.93. The monoisotopic (exact) mass is 286 g/mol. The second-order valence-corrected chi connectivity index (χ2v) is 5.97. The standard InChI is InChI=1S/C18H35Cl/c1-2-3-4-5-6-7-8-9-10-11-12-13-14-15-16-17-18-19/h16-17H,2-15,18H2,1H3. The Morgan fingerprint density at radius 2 is 1.00 bits per heavy atom. The molecule has 0 N–H and O–H groups in total. The van der Waals surface area contributed by atoms with Crippen LogP contribution in [0.4, 0.5) is 0 Å². The quantitative estimate of drug-likeness (QED) is 0.169. The van der Waals surface area contributed by atoms with Gasteiger partial charge in [-0.2, -0.15) is 0 Å². The topological polar surface area (TPSA) is 0 Å². The normalized spacial score (nSPS) is 11.5. The molecule has 0 aliphatic carbocycles. The van der Waals surface area contributed by atoms with Crippen molar-refractivity contribution in [2.75, 3.05) is 5.88 Å². The summed E-state index contributed by atoms with van der Waals surface area (Å²) in [6, 6.07) is 0. The maximum Gasteiger partial charge on any atom is 0.0404 e. The fraction of sp³-hybridized carbons (Fsp3) is 0.889. The average Bonchev–Trinajstić information content (AvgIpc) is 2.43. The molecule has 0 nitrogen and oxygen atoms in total. The lowest BCUT2D eigenvalue weighted by atomic mass is 10.0. The van der Waals surface area contributed by atoms with Crippen LogP contribution < -0.4 is 0 Å². The predicted octanol–water partition coefficient (Wildman–Crippen LogP) is 7.26. The van der Waals surface area contributed by atoms with Crippen LogP contribution in [-0.2, 0) is 0 Å². The van der Waals surface area contributed by atoms with Gasteiger partial charge in [0.05, 0.1) is 0 Å². The maximum absolute atomic E-state index is 5.57.